The van der Waals surface area contributed by atoms with E-state index in [9.17, 15) is 0 Å². The van der Waals surface area contributed by atoms with Crippen molar-refractivity contribution >= 4 is 41.5 Å². The van der Waals surface area contributed by atoms with Gasteiger partial charge in [0, 0.05) is 18.3 Å². The van der Waals surface area contributed by atoms with Crippen LogP contribution in [0.2, 0.25) is 5.02 Å². The van der Waals surface area contributed by atoms with Crippen molar-refractivity contribution < 1.29 is 4.74 Å². The Morgan fingerprint density at radius 2 is 2.14 bits per heavy atom. The Hall–Kier alpha value is -0.760. The second kappa shape index (κ2) is 10.0. The number of ether oxygens (including phenoxy) is 1. The van der Waals surface area contributed by atoms with Gasteiger partial charge in [-0.3, -0.25) is 0 Å². The van der Waals surface area contributed by atoms with Crippen LogP contribution < -0.4 is 15.8 Å². The summed E-state index contributed by atoms with van der Waals surface area (Å²) in [6, 6.07) is 3.95. The molecule has 1 saturated carbocycles. The number of nitrogens with zero attached hydrogens (tertiary/aromatic N) is 2. The smallest absolute Gasteiger partial charge is 0.213 e. The molecule has 118 valence electrons. The average molecular weight is 425 g/mol. The van der Waals surface area contributed by atoms with Crippen molar-refractivity contribution in [3.63, 3.8) is 0 Å². The predicted molar refractivity (Wildman–Crippen MR) is 96.7 cm³/mol. The first kappa shape index (κ1) is 18.3. The van der Waals surface area contributed by atoms with Crippen LogP contribution in [0.5, 0.6) is 5.88 Å². The molecule has 1 aliphatic carbocycles. The number of aliphatic imine (C=N–C) groups is 1. The van der Waals surface area contributed by atoms with E-state index in [4.69, 9.17) is 22.1 Å². The summed E-state index contributed by atoms with van der Waals surface area (Å²) in [5.74, 6) is 1.05. The number of rotatable bonds is 5. The maximum atomic E-state index is 5.85. The largest absolute Gasteiger partial charge is 0.476 e. The summed E-state index contributed by atoms with van der Waals surface area (Å²) >= 11 is 5.74. The van der Waals surface area contributed by atoms with Crippen molar-refractivity contribution in [2.24, 2.45) is 10.7 Å². The lowest BCUT2D eigenvalue weighted by atomic mass is 9.96. The van der Waals surface area contributed by atoms with Crippen molar-refractivity contribution in [3.8, 4) is 5.88 Å². The first-order valence-corrected chi connectivity index (χ1v) is 7.42. The molecule has 0 bridgehead atoms. The predicted octanol–water partition coefficient (Wildman–Crippen LogP) is 2.97. The topological polar surface area (TPSA) is 72.5 Å². The Labute approximate surface area is 147 Å². The number of hydrogen-bond donors (Lipinski definition) is 2. The highest BCUT2D eigenvalue weighted by Gasteiger charge is 2.13. The van der Waals surface area contributed by atoms with Gasteiger partial charge in [0.15, 0.2) is 5.96 Å². The molecule has 5 nitrogen and oxygen atoms in total. The molecule has 21 heavy (non-hydrogen) atoms. The quantitative estimate of drug-likeness (QED) is 0.330. The normalized spacial score (nSPS) is 16.1. The summed E-state index contributed by atoms with van der Waals surface area (Å²) in [6.07, 6.45) is 7.80. The Bertz CT molecular complexity index is 435. The molecule has 0 atom stereocenters. The van der Waals surface area contributed by atoms with Crippen LogP contribution in [0.1, 0.15) is 32.1 Å². The number of aromatic nitrogens is 1. The van der Waals surface area contributed by atoms with Crippen LogP contribution in [-0.4, -0.2) is 30.1 Å². The molecular formula is C14H22ClIN4O. The number of hydrogen-bond acceptors (Lipinski definition) is 3. The van der Waals surface area contributed by atoms with Crippen molar-refractivity contribution in [1.82, 2.24) is 10.3 Å². The number of pyridine rings is 1. The van der Waals surface area contributed by atoms with Crippen LogP contribution in [0.4, 0.5) is 0 Å². The molecule has 0 aromatic carbocycles. The van der Waals surface area contributed by atoms with Crippen LogP contribution in [0.15, 0.2) is 23.3 Å². The van der Waals surface area contributed by atoms with Crippen LogP contribution in [0.3, 0.4) is 0 Å². The fourth-order valence-electron chi connectivity index (χ4n) is 2.27. The van der Waals surface area contributed by atoms with E-state index in [0.29, 0.717) is 36.1 Å². The lowest BCUT2D eigenvalue weighted by Gasteiger charge is -2.23. The highest BCUT2D eigenvalue weighted by molar-refractivity contribution is 14.0. The van der Waals surface area contributed by atoms with Crippen molar-refractivity contribution in [2.45, 2.75) is 38.1 Å². The van der Waals surface area contributed by atoms with E-state index in [-0.39, 0.29) is 24.0 Å². The Morgan fingerprint density at radius 3 is 2.81 bits per heavy atom. The highest BCUT2D eigenvalue weighted by atomic mass is 127. The minimum atomic E-state index is 0. The van der Waals surface area contributed by atoms with E-state index in [2.05, 4.69) is 15.3 Å². The second-order valence-electron chi connectivity index (χ2n) is 4.91. The number of nitrogens with two attached hydrogens (primary N) is 1. The van der Waals surface area contributed by atoms with Gasteiger partial charge >= 0.3 is 0 Å². The lowest BCUT2D eigenvalue weighted by molar-refractivity contribution is 0.315. The van der Waals surface area contributed by atoms with Gasteiger partial charge in [0.2, 0.25) is 5.88 Å². The number of nitrogens with one attached hydrogen (secondary N) is 1. The molecule has 1 aliphatic rings. The zero-order valence-electron chi connectivity index (χ0n) is 11.9. The molecule has 0 unspecified atom stereocenters. The minimum Gasteiger partial charge on any atom is -0.476 e. The molecule has 0 spiro atoms. The van der Waals surface area contributed by atoms with E-state index < -0.39 is 0 Å². The average Bonchev–Trinajstić information content (AvgIpc) is 2.46. The molecule has 1 heterocycles. The minimum absolute atomic E-state index is 0. The fourth-order valence-corrected chi connectivity index (χ4v) is 2.38. The van der Waals surface area contributed by atoms with Crippen molar-refractivity contribution in [3.05, 3.63) is 23.4 Å². The molecule has 3 N–H and O–H groups in total. The summed E-state index contributed by atoms with van der Waals surface area (Å²) < 4.78 is 5.44. The standard InChI is InChI=1S/C14H21ClN4O.HI/c15-11-6-7-13(18-10-11)20-9-8-17-14(16)19-12-4-2-1-3-5-12;/h6-7,10,12H,1-5,8-9H2,(H3,16,17,19);1H. The molecule has 1 aromatic rings. The van der Waals surface area contributed by atoms with Crippen LogP contribution in [0, 0.1) is 0 Å². The number of guanidine groups is 1. The van der Waals surface area contributed by atoms with Crippen LogP contribution >= 0.6 is 35.6 Å². The van der Waals surface area contributed by atoms with Gasteiger partial charge in [0.1, 0.15) is 6.61 Å². The van der Waals surface area contributed by atoms with E-state index >= 15 is 0 Å². The molecule has 0 amide bonds. The molecule has 7 heteroatoms. The van der Waals surface area contributed by atoms with Gasteiger partial charge in [-0.15, -0.1) is 24.0 Å². The fraction of sp³-hybridized carbons (Fsp3) is 0.571. The van der Waals surface area contributed by atoms with Gasteiger partial charge in [-0.25, -0.2) is 9.98 Å². The zero-order valence-corrected chi connectivity index (χ0v) is 15.0. The van der Waals surface area contributed by atoms with E-state index in [1.165, 1.54) is 32.1 Å². The van der Waals surface area contributed by atoms with Gasteiger partial charge in [-0.1, -0.05) is 30.9 Å². The molecule has 1 aromatic heterocycles. The number of halogens is 2. The van der Waals surface area contributed by atoms with E-state index in [1.807, 2.05) is 0 Å². The molecule has 0 radical (unpaired) electrons. The molecular weight excluding hydrogens is 403 g/mol. The summed E-state index contributed by atoms with van der Waals surface area (Å²) in [5.41, 5.74) is 5.85. The van der Waals surface area contributed by atoms with Crippen molar-refractivity contribution in [2.75, 3.05) is 13.2 Å². The Kier molecular flexibility index (Phi) is 8.75. The zero-order chi connectivity index (χ0) is 14.2. The lowest BCUT2D eigenvalue weighted by Crippen LogP contribution is -2.41. The van der Waals surface area contributed by atoms with Gasteiger partial charge in [0.25, 0.3) is 0 Å². The van der Waals surface area contributed by atoms with Gasteiger partial charge in [-0.2, -0.15) is 0 Å². The third-order valence-corrected chi connectivity index (χ3v) is 3.50. The van der Waals surface area contributed by atoms with E-state index in [0.717, 1.165) is 0 Å². The summed E-state index contributed by atoms with van der Waals surface area (Å²) in [6.45, 7) is 0.956. The molecule has 2 rings (SSSR count). The summed E-state index contributed by atoms with van der Waals surface area (Å²) in [7, 11) is 0. The van der Waals surface area contributed by atoms with Crippen molar-refractivity contribution in [1.29, 1.82) is 0 Å². The monoisotopic (exact) mass is 424 g/mol. The third-order valence-electron chi connectivity index (χ3n) is 3.28. The first-order chi connectivity index (χ1) is 9.74. The molecule has 0 saturated heterocycles. The first-order valence-electron chi connectivity index (χ1n) is 7.05. The molecule has 1 fully saturated rings. The summed E-state index contributed by atoms with van der Waals surface area (Å²) in [5, 5.41) is 3.86. The highest BCUT2D eigenvalue weighted by Crippen LogP contribution is 2.17. The Morgan fingerprint density at radius 1 is 1.38 bits per heavy atom. The second-order valence-corrected chi connectivity index (χ2v) is 5.35. The van der Waals surface area contributed by atoms with Gasteiger partial charge in [-0.05, 0) is 18.9 Å². The summed E-state index contributed by atoms with van der Waals surface area (Å²) in [4.78, 5) is 8.29. The maximum absolute atomic E-state index is 5.85. The Balaban J connectivity index is 0.00000220. The van der Waals surface area contributed by atoms with Crippen LogP contribution in [0.25, 0.3) is 0 Å². The molecule has 0 aliphatic heterocycles. The van der Waals surface area contributed by atoms with Gasteiger partial charge < -0.3 is 15.8 Å². The third kappa shape index (κ3) is 7.17. The van der Waals surface area contributed by atoms with Crippen LogP contribution in [-0.2, 0) is 0 Å². The maximum Gasteiger partial charge on any atom is 0.213 e. The SMILES string of the molecule is I.NC(=NCCOc1ccc(Cl)cn1)NC1CCCCC1. The van der Waals surface area contributed by atoms with Gasteiger partial charge in [0.05, 0.1) is 11.6 Å². The van der Waals surface area contributed by atoms with E-state index in [1.54, 1.807) is 18.3 Å².